The van der Waals surface area contributed by atoms with Crippen molar-refractivity contribution in [2.45, 2.75) is 6.61 Å². The van der Waals surface area contributed by atoms with Gasteiger partial charge in [-0.3, -0.25) is 0 Å². The van der Waals surface area contributed by atoms with Gasteiger partial charge in [0.15, 0.2) is 6.61 Å². The number of nitrogens with zero attached hydrogens (tertiary/aromatic N) is 2. The number of hydrogen-bond acceptors (Lipinski definition) is 5. The third-order valence-corrected chi connectivity index (χ3v) is 2.82. The molecule has 2 N–H and O–H groups in total. The van der Waals surface area contributed by atoms with Gasteiger partial charge >= 0.3 is 0 Å². The Morgan fingerprint density at radius 2 is 1.95 bits per heavy atom. The van der Waals surface area contributed by atoms with E-state index in [1.807, 2.05) is 30.3 Å². The van der Waals surface area contributed by atoms with Gasteiger partial charge in [0.1, 0.15) is 11.6 Å². The van der Waals surface area contributed by atoms with Crippen LogP contribution < -0.4 is 10.5 Å². The van der Waals surface area contributed by atoms with Gasteiger partial charge < -0.3 is 15.0 Å². The van der Waals surface area contributed by atoms with E-state index in [-0.39, 0.29) is 18.2 Å². The maximum atomic E-state index is 13.1. The monoisotopic (exact) mass is 285 g/mol. The Hall–Kier alpha value is -2.89. The molecular formula is C15H12FN3O2. The van der Waals surface area contributed by atoms with Gasteiger partial charge in [0, 0.05) is 5.56 Å². The first kappa shape index (κ1) is 13.1. The number of halogens is 1. The molecule has 6 heteroatoms. The SMILES string of the molecule is Nc1cc(-c2nc(COc3ccccc3)no2)ccc1F. The molecule has 0 aliphatic rings. The second-order valence-corrected chi connectivity index (χ2v) is 4.35. The Labute approximate surface area is 120 Å². The van der Waals surface area contributed by atoms with Crippen LogP contribution >= 0.6 is 0 Å². The molecule has 1 heterocycles. The van der Waals surface area contributed by atoms with Crippen LogP contribution in [-0.2, 0) is 6.61 Å². The summed E-state index contributed by atoms with van der Waals surface area (Å²) < 4.78 is 23.7. The molecule has 0 bridgehead atoms. The molecule has 3 aromatic rings. The van der Waals surface area contributed by atoms with Gasteiger partial charge in [0.2, 0.25) is 5.82 Å². The van der Waals surface area contributed by atoms with E-state index < -0.39 is 5.82 Å². The van der Waals surface area contributed by atoms with Crippen molar-refractivity contribution in [1.82, 2.24) is 10.1 Å². The highest BCUT2D eigenvalue weighted by atomic mass is 19.1. The summed E-state index contributed by atoms with van der Waals surface area (Å²) in [6, 6.07) is 13.6. The van der Waals surface area contributed by atoms with E-state index in [1.54, 1.807) is 0 Å². The number of nitrogen functional groups attached to an aromatic ring is 1. The van der Waals surface area contributed by atoms with Crippen LogP contribution in [0.2, 0.25) is 0 Å². The molecule has 3 rings (SSSR count). The van der Waals surface area contributed by atoms with Crippen molar-refractivity contribution >= 4 is 5.69 Å². The standard InChI is InChI=1S/C15H12FN3O2/c16-12-7-6-10(8-13(12)17)15-18-14(19-21-15)9-20-11-4-2-1-3-5-11/h1-8H,9,17H2. The largest absolute Gasteiger partial charge is 0.485 e. The first-order valence-corrected chi connectivity index (χ1v) is 6.28. The first-order chi connectivity index (χ1) is 10.2. The van der Waals surface area contributed by atoms with Crippen molar-refractivity contribution in [3.8, 4) is 17.2 Å². The average Bonchev–Trinajstić information content (AvgIpc) is 2.98. The normalized spacial score (nSPS) is 10.5. The van der Waals surface area contributed by atoms with E-state index >= 15 is 0 Å². The number of ether oxygens (including phenoxy) is 1. The molecule has 106 valence electrons. The molecular weight excluding hydrogens is 273 g/mol. The number of hydrogen-bond donors (Lipinski definition) is 1. The number of anilines is 1. The highest BCUT2D eigenvalue weighted by molar-refractivity contribution is 5.60. The maximum Gasteiger partial charge on any atom is 0.258 e. The van der Waals surface area contributed by atoms with Crippen LogP contribution in [0, 0.1) is 5.82 Å². The van der Waals surface area contributed by atoms with Crippen LogP contribution in [0.15, 0.2) is 53.1 Å². The summed E-state index contributed by atoms with van der Waals surface area (Å²) in [6.45, 7) is 0.185. The minimum atomic E-state index is -0.481. The second kappa shape index (κ2) is 5.62. The Bertz CT molecular complexity index is 744. The molecule has 2 aromatic carbocycles. The summed E-state index contributed by atoms with van der Waals surface area (Å²) in [5.74, 6) is 0.908. The third kappa shape index (κ3) is 3.00. The molecule has 5 nitrogen and oxygen atoms in total. The summed E-state index contributed by atoms with van der Waals surface area (Å²) >= 11 is 0. The summed E-state index contributed by atoms with van der Waals surface area (Å²) in [7, 11) is 0. The Balaban J connectivity index is 1.72. The molecule has 0 saturated heterocycles. The lowest BCUT2D eigenvalue weighted by molar-refractivity contribution is 0.287. The molecule has 0 saturated carbocycles. The van der Waals surface area contributed by atoms with Gasteiger partial charge in [0.25, 0.3) is 5.89 Å². The predicted molar refractivity (Wildman–Crippen MR) is 74.9 cm³/mol. The molecule has 0 radical (unpaired) electrons. The number of aromatic nitrogens is 2. The molecule has 0 unspecified atom stereocenters. The van der Waals surface area contributed by atoms with Crippen LogP contribution in [0.1, 0.15) is 5.82 Å². The fraction of sp³-hybridized carbons (Fsp3) is 0.0667. The summed E-state index contributed by atoms with van der Waals surface area (Å²) in [4.78, 5) is 4.19. The van der Waals surface area contributed by atoms with E-state index in [4.69, 9.17) is 15.0 Å². The Kier molecular flexibility index (Phi) is 3.51. The molecule has 0 aliphatic carbocycles. The smallest absolute Gasteiger partial charge is 0.258 e. The van der Waals surface area contributed by atoms with E-state index in [1.165, 1.54) is 18.2 Å². The van der Waals surface area contributed by atoms with Gasteiger partial charge in [0.05, 0.1) is 5.69 Å². The van der Waals surface area contributed by atoms with Gasteiger partial charge in [-0.25, -0.2) is 4.39 Å². The van der Waals surface area contributed by atoms with E-state index in [9.17, 15) is 4.39 Å². The topological polar surface area (TPSA) is 74.2 Å². The van der Waals surface area contributed by atoms with Crippen LogP contribution in [-0.4, -0.2) is 10.1 Å². The minimum Gasteiger partial charge on any atom is -0.485 e. The lowest BCUT2D eigenvalue weighted by Gasteiger charge is -2.01. The quantitative estimate of drug-likeness (QED) is 0.746. The van der Waals surface area contributed by atoms with Gasteiger partial charge in [-0.1, -0.05) is 23.4 Å². The van der Waals surface area contributed by atoms with Crippen molar-refractivity contribution in [2.24, 2.45) is 0 Å². The van der Waals surface area contributed by atoms with E-state index in [2.05, 4.69) is 10.1 Å². The zero-order valence-electron chi connectivity index (χ0n) is 11.0. The summed E-state index contributed by atoms with van der Waals surface area (Å²) in [5.41, 5.74) is 6.11. The van der Waals surface area contributed by atoms with E-state index in [0.717, 1.165) is 5.75 Å². The third-order valence-electron chi connectivity index (χ3n) is 2.82. The number of rotatable bonds is 4. The van der Waals surface area contributed by atoms with E-state index in [0.29, 0.717) is 11.4 Å². The zero-order chi connectivity index (χ0) is 14.7. The fourth-order valence-corrected chi connectivity index (χ4v) is 1.77. The zero-order valence-corrected chi connectivity index (χ0v) is 11.0. The molecule has 0 atom stereocenters. The van der Waals surface area contributed by atoms with Crippen molar-refractivity contribution in [1.29, 1.82) is 0 Å². The molecule has 0 aliphatic heterocycles. The first-order valence-electron chi connectivity index (χ1n) is 6.28. The number of nitrogens with two attached hydrogens (primary N) is 1. The van der Waals surface area contributed by atoms with Crippen LogP contribution in [0.3, 0.4) is 0 Å². The Morgan fingerprint density at radius 1 is 1.14 bits per heavy atom. The fourth-order valence-electron chi connectivity index (χ4n) is 1.77. The highest BCUT2D eigenvalue weighted by Gasteiger charge is 2.11. The van der Waals surface area contributed by atoms with Crippen molar-refractivity contribution in [2.75, 3.05) is 5.73 Å². The predicted octanol–water partition coefficient (Wildman–Crippen LogP) is 3.04. The average molecular weight is 285 g/mol. The Morgan fingerprint density at radius 3 is 2.71 bits per heavy atom. The summed E-state index contributed by atoms with van der Waals surface area (Å²) in [6.07, 6.45) is 0. The van der Waals surface area contributed by atoms with Crippen molar-refractivity contribution < 1.29 is 13.7 Å². The molecule has 0 spiro atoms. The molecule has 21 heavy (non-hydrogen) atoms. The van der Waals surface area contributed by atoms with Crippen LogP contribution in [0.4, 0.5) is 10.1 Å². The highest BCUT2D eigenvalue weighted by Crippen LogP contribution is 2.22. The van der Waals surface area contributed by atoms with Gasteiger partial charge in [-0.15, -0.1) is 0 Å². The molecule has 1 aromatic heterocycles. The van der Waals surface area contributed by atoms with Gasteiger partial charge in [-0.05, 0) is 30.3 Å². The second-order valence-electron chi connectivity index (χ2n) is 4.35. The van der Waals surface area contributed by atoms with Crippen molar-refractivity contribution in [3.05, 3.63) is 60.2 Å². The van der Waals surface area contributed by atoms with Crippen LogP contribution in [0.25, 0.3) is 11.5 Å². The summed E-state index contributed by atoms with van der Waals surface area (Å²) in [5, 5.41) is 3.81. The van der Waals surface area contributed by atoms with Crippen LogP contribution in [0.5, 0.6) is 5.75 Å². The minimum absolute atomic E-state index is 0.0350. The number of benzene rings is 2. The number of para-hydroxylation sites is 1. The molecule has 0 amide bonds. The maximum absolute atomic E-state index is 13.1. The lowest BCUT2D eigenvalue weighted by atomic mass is 10.2. The van der Waals surface area contributed by atoms with Crippen molar-refractivity contribution in [3.63, 3.8) is 0 Å². The lowest BCUT2D eigenvalue weighted by Crippen LogP contribution is -1.97. The van der Waals surface area contributed by atoms with Gasteiger partial charge in [-0.2, -0.15) is 4.98 Å². The molecule has 0 fully saturated rings.